The zero-order chi connectivity index (χ0) is 50.7. The lowest BCUT2D eigenvalue weighted by molar-refractivity contribution is -0.127. The van der Waals surface area contributed by atoms with Gasteiger partial charge in [-0.3, -0.25) is 28.8 Å². The number of ether oxygens (including phenoxy) is 2. The minimum absolute atomic E-state index is 0.00340. The van der Waals surface area contributed by atoms with Crippen molar-refractivity contribution >= 4 is 127 Å². The first-order chi connectivity index (χ1) is 32.7. The van der Waals surface area contributed by atoms with E-state index in [4.69, 9.17) is 67.5 Å². The van der Waals surface area contributed by atoms with Crippen molar-refractivity contribution < 1.29 is 38.2 Å². The summed E-state index contributed by atoms with van der Waals surface area (Å²) in [5.74, 6) is -3.28. The number of anilines is 4. The van der Waals surface area contributed by atoms with E-state index in [9.17, 15) is 28.8 Å². The summed E-state index contributed by atoms with van der Waals surface area (Å²) in [6.45, 7) is 7.45. The molecular formula is C48H45Cl5N8O8. The van der Waals surface area contributed by atoms with E-state index in [-0.39, 0.29) is 54.7 Å². The Morgan fingerprint density at radius 3 is 1.35 bits per heavy atom. The first-order valence-electron chi connectivity index (χ1n) is 20.8. The van der Waals surface area contributed by atoms with Crippen LogP contribution in [0.3, 0.4) is 0 Å². The number of carbonyl (C=O) groups is 6. The lowest BCUT2D eigenvalue weighted by atomic mass is 10.1. The average molecular weight is 1040 g/mol. The maximum absolute atomic E-state index is 13.6. The van der Waals surface area contributed by atoms with Gasteiger partial charge in [-0.15, -0.1) is 34.8 Å². The molecule has 0 saturated carbocycles. The normalized spacial score (nSPS) is 13.4. The summed E-state index contributed by atoms with van der Waals surface area (Å²) in [5.41, 5.74) is 2.96. The highest BCUT2D eigenvalue weighted by molar-refractivity contribution is 6.37. The van der Waals surface area contributed by atoms with Gasteiger partial charge >= 0.3 is 0 Å². The van der Waals surface area contributed by atoms with E-state index in [0.29, 0.717) is 39.6 Å². The molecule has 16 nitrogen and oxygen atoms in total. The highest BCUT2D eigenvalue weighted by Gasteiger charge is 2.27. The van der Waals surface area contributed by atoms with Crippen molar-refractivity contribution in [2.75, 3.05) is 35.5 Å². The van der Waals surface area contributed by atoms with Crippen LogP contribution in [0.25, 0.3) is 0 Å². The number of hydrogen-bond acceptors (Lipinski definition) is 12. The van der Waals surface area contributed by atoms with Crippen LogP contribution in [-0.4, -0.2) is 61.5 Å². The van der Waals surface area contributed by atoms with Gasteiger partial charge < -0.3 is 30.7 Å². The van der Waals surface area contributed by atoms with E-state index in [0.717, 1.165) is 13.8 Å². The van der Waals surface area contributed by atoms with E-state index < -0.39 is 52.7 Å². The van der Waals surface area contributed by atoms with Gasteiger partial charge in [-0.25, -0.2) is 0 Å². The molecule has 0 spiro atoms. The summed E-state index contributed by atoms with van der Waals surface area (Å²) in [7, 11) is 2.97. The third-order valence-electron chi connectivity index (χ3n) is 10.0. The molecule has 69 heavy (non-hydrogen) atoms. The van der Waals surface area contributed by atoms with E-state index >= 15 is 0 Å². The summed E-state index contributed by atoms with van der Waals surface area (Å²) in [4.78, 5) is 79.1. The number of nitrogens with zero attached hydrogens (tertiary/aromatic N) is 4. The van der Waals surface area contributed by atoms with Crippen LogP contribution in [0.2, 0.25) is 10.0 Å². The van der Waals surface area contributed by atoms with Crippen molar-refractivity contribution in [3.05, 3.63) is 129 Å². The van der Waals surface area contributed by atoms with Crippen LogP contribution in [0.4, 0.5) is 34.1 Å². The van der Waals surface area contributed by atoms with Gasteiger partial charge in [-0.05, 0) is 118 Å². The first-order valence-corrected chi connectivity index (χ1v) is 22.9. The van der Waals surface area contributed by atoms with Crippen LogP contribution in [0.5, 0.6) is 11.5 Å². The second-order valence-electron chi connectivity index (χ2n) is 15.3. The van der Waals surface area contributed by atoms with Gasteiger partial charge in [0.05, 0.1) is 51.5 Å². The van der Waals surface area contributed by atoms with E-state index in [1.165, 1.54) is 68.8 Å². The number of hydrogen-bond donors (Lipinski definition) is 4. The predicted molar refractivity (Wildman–Crippen MR) is 269 cm³/mol. The van der Waals surface area contributed by atoms with Crippen LogP contribution in [0, 0.1) is 0 Å². The van der Waals surface area contributed by atoms with Crippen LogP contribution < -0.4 is 30.7 Å². The molecule has 0 aliphatic carbocycles. The van der Waals surface area contributed by atoms with Crippen LogP contribution in [0.1, 0.15) is 88.2 Å². The van der Waals surface area contributed by atoms with Gasteiger partial charge in [0.1, 0.15) is 22.9 Å². The van der Waals surface area contributed by atoms with Gasteiger partial charge in [0.2, 0.25) is 12.1 Å². The van der Waals surface area contributed by atoms with Crippen molar-refractivity contribution in [2.45, 2.75) is 62.8 Å². The maximum atomic E-state index is 13.6. The number of carbonyl (C=O) groups excluding carboxylic acids is 6. The zero-order valence-corrected chi connectivity index (χ0v) is 41.8. The van der Waals surface area contributed by atoms with Crippen molar-refractivity contribution in [2.24, 2.45) is 20.5 Å². The Bertz CT molecular complexity index is 2860. The number of benzene rings is 5. The number of methoxy groups -OCH3 is 2. The fourth-order valence-corrected chi connectivity index (χ4v) is 7.33. The van der Waals surface area contributed by atoms with Gasteiger partial charge in [0.25, 0.3) is 23.6 Å². The number of Topliss-reactive ketones (excluding diaryl/α,β-unsaturated/α-hetero) is 2. The Morgan fingerprint density at radius 2 is 0.957 bits per heavy atom. The summed E-state index contributed by atoms with van der Waals surface area (Å²) >= 11 is 32.2. The molecule has 0 heterocycles. The summed E-state index contributed by atoms with van der Waals surface area (Å²) in [6.07, 6.45) is 0. The van der Waals surface area contributed by atoms with Gasteiger partial charge in [0.15, 0.2) is 11.6 Å². The Labute approximate surface area is 422 Å². The fraction of sp³-hybridized carbons (Fsp3) is 0.250. The summed E-state index contributed by atoms with van der Waals surface area (Å²) in [6, 6.07) is 20.0. The number of azo groups is 2. The van der Waals surface area contributed by atoms with Gasteiger partial charge in [-0.1, -0.05) is 35.3 Å². The Kier molecular flexibility index (Phi) is 18.8. The number of halogens is 5. The Morgan fingerprint density at radius 1 is 0.522 bits per heavy atom. The third-order valence-corrected chi connectivity index (χ3v) is 11.6. The molecule has 0 radical (unpaired) electrons. The van der Waals surface area contributed by atoms with Crippen LogP contribution in [0.15, 0.2) is 111 Å². The van der Waals surface area contributed by atoms with Crippen molar-refractivity contribution in [3.63, 3.8) is 0 Å². The molecule has 0 fully saturated rings. The molecule has 5 aromatic rings. The van der Waals surface area contributed by atoms with Gasteiger partial charge in [-0.2, -0.15) is 20.5 Å². The highest BCUT2D eigenvalue weighted by Crippen LogP contribution is 2.35. The fourth-order valence-electron chi connectivity index (χ4n) is 6.40. The molecule has 4 N–H and O–H groups in total. The second-order valence-corrected chi connectivity index (χ2v) is 18.0. The SMILES string of the molecule is COc1cc(NC(=O)c2cccc(N=NC(C(C)=O)C(=O)Nc3ccc(NC(=O)C(N=Nc4cccc(C(=O)Nc5cc(OC)cc(C(C)Cl)c5)c4Cl)C(C)=O)c(C(C)Cl)c3)c2Cl)cc(C(C)Cl)c1. The lowest BCUT2D eigenvalue weighted by Crippen LogP contribution is -2.32. The smallest absolute Gasteiger partial charge is 0.258 e. The molecule has 360 valence electrons. The zero-order valence-electron chi connectivity index (χ0n) is 38.0. The Balaban J connectivity index is 1.29. The minimum atomic E-state index is -1.66. The van der Waals surface area contributed by atoms with Gasteiger partial charge in [0, 0.05) is 34.9 Å². The molecule has 0 bridgehead atoms. The van der Waals surface area contributed by atoms with Crippen LogP contribution in [-0.2, 0) is 19.2 Å². The average Bonchev–Trinajstić information content (AvgIpc) is 3.29. The van der Waals surface area contributed by atoms with E-state index in [1.807, 2.05) is 0 Å². The number of amides is 4. The van der Waals surface area contributed by atoms with Crippen LogP contribution >= 0.6 is 58.0 Å². The molecule has 5 aromatic carbocycles. The number of ketones is 2. The number of alkyl halides is 3. The monoisotopic (exact) mass is 1040 g/mol. The molecule has 0 saturated heterocycles. The lowest BCUT2D eigenvalue weighted by Gasteiger charge is -2.17. The molecule has 5 unspecified atom stereocenters. The summed E-state index contributed by atoms with van der Waals surface area (Å²) < 4.78 is 10.7. The molecule has 0 aromatic heterocycles. The molecule has 0 aliphatic rings. The first kappa shape index (κ1) is 53.5. The molecular weight excluding hydrogens is 994 g/mol. The predicted octanol–water partition coefficient (Wildman–Crippen LogP) is 12.8. The van der Waals surface area contributed by atoms with E-state index in [2.05, 4.69) is 41.7 Å². The largest absolute Gasteiger partial charge is 0.497 e. The van der Waals surface area contributed by atoms with Crippen molar-refractivity contribution in [1.82, 2.24) is 0 Å². The summed E-state index contributed by atoms with van der Waals surface area (Å²) in [5, 5.41) is 25.2. The third kappa shape index (κ3) is 14.1. The Hall–Kier alpha value is -6.43. The number of rotatable bonds is 19. The molecule has 4 amide bonds. The quantitative estimate of drug-likeness (QED) is 0.0353. The second kappa shape index (κ2) is 24.2. The van der Waals surface area contributed by atoms with Crippen molar-refractivity contribution in [3.8, 4) is 11.5 Å². The topological polar surface area (TPSA) is 218 Å². The molecule has 5 atom stereocenters. The minimum Gasteiger partial charge on any atom is -0.497 e. The molecule has 21 heteroatoms. The molecule has 0 aliphatic heterocycles. The molecule has 5 rings (SSSR count). The van der Waals surface area contributed by atoms with E-state index in [1.54, 1.807) is 57.2 Å². The highest BCUT2D eigenvalue weighted by atomic mass is 35.5. The van der Waals surface area contributed by atoms with Crippen molar-refractivity contribution in [1.29, 1.82) is 0 Å². The maximum Gasteiger partial charge on any atom is 0.258 e. The standard InChI is InChI=1S/C48H45Cl5N8O8/c1-23(49)28-16-31(20-33(18-28)68-6)55-45(64)35-10-8-12-39(41(35)52)58-60-43(26(4)62)47(66)54-30-14-15-38(37(22-30)25(3)51)57-48(67)44(27(5)63)61-59-40-13-9-11-36(42(40)53)46(65)56-32-17-29(24(2)50)19-34(21-32)69-7/h8-25,43-44H,1-7H3,(H,54,66)(H,55,64)(H,56,65)(H,57,67). The number of nitrogens with one attached hydrogen (secondary N) is 4.